The van der Waals surface area contributed by atoms with Crippen LogP contribution in [0.2, 0.25) is 0 Å². The van der Waals surface area contributed by atoms with Crippen molar-refractivity contribution in [2.24, 2.45) is 0 Å². The van der Waals surface area contributed by atoms with Crippen molar-refractivity contribution in [2.45, 2.75) is 30.8 Å². The predicted molar refractivity (Wildman–Crippen MR) is 93.2 cm³/mol. The molecular weight excluding hydrogens is 358 g/mol. The predicted octanol–water partition coefficient (Wildman–Crippen LogP) is 3.16. The van der Waals surface area contributed by atoms with E-state index in [1.165, 1.54) is 12.1 Å². The van der Waals surface area contributed by atoms with E-state index < -0.39 is 10.1 Å². The van der Waals surface area contributed by atoms with E-state index in [0.717, 1.165) is 11.1 Å². The molecular formula is C18H17NO6S. The molecule has 1 N–H and O–H groups in total. The van der Waals surface area contributed by atoms with Gasteiger partial charge in [-0.1, -0.05) is 12.1 Å². The molecule has 0 aliphatic carbocycles. The molecule has 4 rings (SSSR count). The van der Waals surface area contributed by atoms with Gasteiger partial charge in [0.2, 0.25) is 11.3 Å². The zero-order chi connectivity index (χ0) is 18.3. The average Bonchev–Trinajstić information content (AvgIpc) is 3.00. The standard InChI is InChI=1S/C18H17NO6S/c1-11-19-15-8-9-16-18(17(15)24-11)25-13(10-23-16)5-2-12-3-6-14(7-4-12)26(20,21)22/h3-4,6-9,13H,2,5,10H2,1H3,(H,20,21,22). The number of aromatic nitrogens is 1. The molecule has 0 saturated heterocycles. The summed E-state index contributed by atoms with van der Waals surface area (Å²) in [6.07, 6.45) is 1.22. The summed E-state index contributed by atoms with van der Waals surface area (Å²) in [5.74, 6) is 1.78. The average molecular weight is 375 g/mol. The van der Waals surface area contributed by atoms with Gasteiger partial charge in [-0.25, -0.2) is 4.98 Å². The highest BCUT2D eigenvalue weighted by atomic mass is 32.2. The van der Waals surface area contributed by atoms with E-state index in [0.29, 0.717) is 42.4 Å². The zero-order valence-electron chi connectivity index (χ0n) is 14.0. The second kappa shape index (κ2) is 6.30. The number of aryl methyl sites for hydroxylation is 2. The lowest BCUT2D eigenvalue weighted by Gasteiger charge is -2.26. The van der Waals surface area contributed by atoms with Gasteiger partial charge in [-0.15, -0.1) is 0 Å². The Morgan fingerprint density at radius 1 is 1.19 bits per heavy atom. The molecule has 1 aliphatic rings. The molecule has 0 amide bonds. The van der Waals surface area contributed by atoms with Crippen molar-refractivity contribution in [2.75, 3.05) is 6.61 Å². The van der Waals surface area contributed by atoms with Crippen LogP contribution in [-0.2, 0) is 16.5 Å². The lowest BCUT2D eigenvalue weighted by molar-refractivity contribution is 0.0857. The normalized spacial score (nSPS) is 16.8. The molecule has 0 saturated carbocycles. The molecule has 3 aromatic rings. The number of oxazole rings is 1. The van der Waals surface area contributed by atoms with Crippen LogP contribution >= 0.6 is 0 Å². The third-order valence-corrected chi connectivity index (χ3v) is 5.14. The molecule has 8 heteroatoms. The SMILES string of the molecule is Cc1nc2ccc3c(c2o1)OC(CCc1ccc(S(=O)(=O)O)cc1)CO3. The molecule has 7 nitrogen and oxygen atoms in total. The van der Waals surface area contributed by atoms with E-state index in [-0.39, 0.29) is 11.0 Å². The summed E-state index contributed by atoms with van der Waals surface area (Å²) in [5, 5.41) is 0. The van der Waals surface area contributed by atoms with Crippen LogP contribution < -0.4 is 9.47 Å². The van der Waals surface area contributed by atoms with Gasteiger partial charge in [-0.3, -0.25) is 4.55 Å². The summed E-state index contributed by atoms with van der Waals surface area (Å²) >= 11 is 0. The molecule has 1 aliphatic heterocycles. The van der Waals surface area contributed by atoms with E-state index in [2.05, 4.69) is 4.98 Å². The van der Waals surface area contributed by atoms with Crippen molar-refractivity contribution in [3.8, 4) is 11.5 Å². The maximum Gasteiger partial charge on any atom is 0.294 e. The van der Waals surface area contributed by atoms with Crippen LogP contribution in [-0.4, -0.2) is 30.7 Å². The Morgan fingerprint density at radius 3 is 2.69 bits per heavy atom. The number of fused-ring (bicyclic) bond motifs is 3. The third kappa shape index (κ3) is 3.25. The fraction of sp³-hybridized carbons (Fsp3) is 0.278. The molecule has 0 bridgehead atoms. The number of nitrogens with zero attached hydrogens (tertiary/aromatic N) is 1. The lowest BCUT2D eigenvalue weighted by Crippen LogP contribution is -2.29. The van der Waals surface area contributed by atoms with E-state index in [1.807, 2.05) is 12.1 Å². The van der Waals surface area contributed by atoms with Gasteiger partial charge in [-0.05, 0) is 42.7 Å². The van der Waals surface area contributed by atoms with E-state index in [1.54, 1.807) is 19.1 Å². The highest BCUT2D eigenvalue weighted by Crippen LogP contribution is 2.39. The quantitative estimate of drug-likeness (QED) is 0.699. The first-order valence-electron chi connectivity index (χ1n) is 8.16. The highest BCUT2D eigenvalue weighted by Gasteiger charge is 2.25. The van der Waals surface area contributed by atoms with Gasteiger partial charge in [0.05, 0.1) is 4.90 Å². The second-order valence-corrected chi connectivity index (χ2v) is 7.60. The second-order valence-electron chi connectivity index (χ2n) is 6.18. The maximum atomic E-state index is 11.1. The van der Waals surface area contributed by atoms with Gasteiger partial charge in [0.15, 0.2) is 11.6 Å². The summed E-state index contributed by atoms with van der Waals surface area (Å²) in [6, 6.07) is 9.80. The molecule has 0 radical (unpaired) electrons. The Morgan fingerprint density at radius 2 is 1.96 bits per heavy atom. The summed E-state index contributed by atoms with van der Waals surface area (Å²) in [6.45, 7) is 2.21. The van der Waals surface area contributed by atoms with Gasteiger partial charge in [0.25, 0.3) is 10.1 Å². The van der Waals surface area contributed by atoms with Crippen molar-refractivity contribution in [3.63, 3.8) is 0 Å². The van der Waals surface area contributed by atoms with Gasteiger partial charge in [0, 0.05) is 6.92 Å². The Kier molecular flexibility index (Phi) is 4.08. The Labute approximate surface area is 150 Å². The van der Waals surface area contributed by atoms with Crippen molar-refractivity contribution in [1.29, 1.82) is 0 Å². The highest BCUT2D eigenvalue weighted by molar-refractivity contribution is 7.85. The number of ether oxygens (including phenoxy) is 2. The molecule has 1 aromatic heterocycles. The number of benzene rings is 2. The van der Waals surface area contributed by atoms with Gasteiger partial charge in [-0.2, -0.15) is 8.42 Å². The van der Waals surface area contributed by atoms with Crippen LogP contribution in [0.1, 0.15) is 17.9 Å². The monoisotopic (exact) mass is 375 g/mol. The minimum absolute atomic E-state index is 0.115. The smallest absolute Gasteiger partial charge is 0.294 e. The first-order chi connectivity index (χ1) is 12.4. The molecule has 136 valence electrons. The van der Waals surface area contributed by atoms with E-state index >= 15 is 0 Å². The first-order valence-corrected chi connectivity index (χ1v) is 9.60. The topological polar surface area (TPSA) is 98.9 Å². The van der Waals surface area contributed by atoms with Crippen molar-refractivity contribution in [1.82, 2.24) is 4.98 Å². The summed E-state index contributed by atoms with van der Waals surface area (Å²) in [5.41, 5.74) is 2.26. The number of rotatable bonds is 4. The number of hydrogen-bond donors (Lipinski definition) is 1. The Bertz CT molecular complexity index is 1060. The molecule has 1 unspecified atom stereocenters. The van der Waals surface area contributed by atoms with Crippen molar-refractivity contribution >= 4 is 21.2 Å². The molecule has 26 heavy (non-hydrogen) atoms. The zero-order valence-corrected chi connectivity index (χ0v) is 14.8. The molecule has 0 fully saturated rings. The molecule has 1 atom stereocenters. The van der Waals surface area contributed by atoms with Gasteiger partial charge < -0.3 is 13.9 Å². The summed E-state index contributed by atoms with van der Waals surface area (Å²) < 4.78 is 48.6. The Balaban J connectivity index is 1.47. The van der Waals surface area contributed by atoms with Crippen LogP contribution in [0.5, 0.6) is 11.5 Å². The summed E-state index contributed by atoms with van der Waals surface area (Å²) in [7, 11) is -4.17. The first kappa shape index (κ1) is 16.9. The largest absolute Gasteiger partial charge is 0.486 e. The van der Waals surface area contributed by atoms with Gasteiger partial charge >= 0.3 is 0 Å². The van der Waals surface area contributed by atoms with E-state index in [4.69, 9.17) is 18.4 Å². The third-order valence-electron chi connectivity index (χ3n) is 4.27. The van der Waals surface area contributed by atoms with Crippen molar-refractivity contribution < 1.29 is 26.9 Å². The van der Waals surface area contributed by atoms with E-state index in [9.17, 15) is 8.42 Å². The minimum Gasteiger partial charge on any atom is -0.486 e. The lowest BCUT2D eigenvalue weighted by atomic mass is 10.1. The summed E-state index contributed by atoms with van der Waals surface area (Å²) in [4.78, 5) is 4.18. The minimum atomic E-state index is -4.17. The molecule has 2 aromatic carbocycles. The van der Waals surface area contributed by atoms with Crippen LogP contribution in [0, 0.1) is 6.92 Å². The Hall–Kier alpha value is -2.58. The fourth-order valence-electron chi connectivity index (χ4n) is 2.97. The molecule has 2 heterocycles. The van der Waals surface area contributed by atoms with Crippen LogP contribution in [0.25, 0.3) is 11.1 Å². The van der Waals surface area contributed by atoms with Crippen LogP contribution in [0.4, 0.5) is 0 Å². The van der Waals surface area contributed by atoms with Crippen LogP contribution in [0.15, 0.2) is 45.7 Å². The number of hydrogen-bond acceptors (Lipinski definition) is 6. The molecule has 0 spiro atoms. The fourth-order valence-corrected chi connectivity index (χ4v) is 3.45. The maximum absolute atomic E-state index is 11.1. The van der Waals surface area contributed by atoms with Gasteiger partial charge in [0.1, 0.15) is 18.2 Å². The van der Waals surface area contributed by atoms with Crippen molar-refractivity contribution in [3.05, 3.63) is 47.9 Å². The van der Waals surface area contributed by atoms with Crippen LogP contribution in [0.3, 0.4) is 0 Å².